The minimum absolute atomic E-state index is 0.0498. The lowest BCUT2D eigenvalue weighted by Gasteiger charge is -2.08. The van der Waals surface area contributed by atoms with E-state index in [0.29, 0.717) is 0 Å². The molecule has 0 aliphatic rings. The average Bonchev–Trinajstić information content (AvgIpc) is 2.91. The summed E-state index contributed by atoms with van der Waals surface area (Å²) in [6.45, 7) is -0.219. The van der Waals surface area contributed by atoms with Crippen molar-refractivity contribution in [3.63, 3.8) is 0 Å². The topological polar surface area (TPSA) is 153 Å². The molecule has 0 radical (unpaired) electrons. The van der Waals surface area contributed by atoms with Gasteiger partial charge in [-0.15, -0.1) is 5.10 Å². The molecule has 1 aromatic heterocycles. The molecule has 0 atom stereocenters. The summed E-state index contributed by atoms with van der Waals surface area (Å²) >= 11 is 0. The number of carboxylic acid groups (broad SMARTS) is 1. The van der Waals surface area contributed by atoms with Crippen molar-refractivity contribution in [3.8, 4) is 0 Å². The van der Waals surface area contributed by atoms with Gasteiger partial charge >= 0.3 is 5.97 Å². The highest BCUT2D eigenvalue weighted by Gasteiger charge is 2.17. The van der Waals surface area contributed by atoms with E-state index < -0.39 is 16.8 Å². The van der Waals surface area contributed by atoms with Crippen LogP contribution in [0.5, 0.6) is 0 Å². The molecular formula is C10H8N6O5. The van der Waals surface area contributed by atoms with Crippen LogP contribution in [-0.4, -0.2) is 42.1 Å². The smallest absolute Gasteiger partial charge is 0.338 e. The van der Waals surface area contributed by atoms with Gasteiger partial charge in [0.25, 0.3) is 5.69 Å². The number of carbonyl (C=O) groups excluding carboxylic acids is 1. The predicted molar refractivity (Wildman–Crippen MR) is 66.5 cm³/mol. The number of aromatic carboxylic acids is 1. The van der Waals surface area contributed by atoms with Gasteiger partial charge in [0.15, 0.2) is 0 Å². The molecule has 2 N–H and O–H groups in total. The first-order chi connectivity index (χ1) is 9.97. The molecule has 108 valence electrons. The first-order valence-corrected chi connectivity index (χ1v) is 5.49. The molecule has 0 bridgehead atoms. The van der Waals surface area contributed by atoms with Crippen LogP contribution in [0.1, 0.15) is 10.4 Å². The highest BCUT2D eigenvalue weighted by atomic mass is 16.6. The number of nitrogens with one attached hydrogen (secondary N) is 1. The second-order valence-electron chi connectivity index (χ2n) is 3.85. The Morgan fingerprint density at radius 1 is 1.43 bits per heavy atom. The van der Waals surface area contributed by atoms with Gasteiger partial charge in [0.1, 0.15) is 12.9 Å². The van der Waals surface area contributed by atoms with E-state index in [1.54, 1.807) is 0 Å². The molecule has 0 saturated heterocycles. The number of nitro groups is 1. The molecule has 0 spiro atoms. The van der Waals surface area contributed by atoms with Crippen LogP contribution in [0.2, 0.25) is 0 Å². The summed E-state index contributed by atoms with van der Waals surface area (Å²) in [7, 11) is 0. The van der Waals surface area contributed by atoms with Crippen molar-refractivity contribution in [2.45, 2.75) is 6.54 Å². The summed E-state index contributed by atoms with van der Waals surface area (Å²) in [4.78, 5) is 32.7. The number of amides is 1. The van der Waals surface area contributed by atoms with Crippen molar-refractivity contribution < 1.29 is 19.6 Å². The molecule has 2 aromatic rings. The number of carboxylic acids is 1. The van der Waals surface area contributed by atoms with Gasteiger partial charge in [-0.3, -0.25) is 14.9 Å². The summed E-state index contributed by atoms with van der Waals surface area (Å²) in [5, 5.41) is 32.2. The Labute approximate surface area is 116 Å². The number of rotatable bonds is 5. The van der Waals surface area contributed by atoms with E-state index in [-0.39, 0.29) is 23.5 Å². The van der Waals surface area contributed by atoms with Crippen LogP contribution in [0.15, 0.2) is 24.5 Å². The maximum absolute atomic E-state index is 11.7. The molecule has 1 heterocycles. The third-order valence-electron chi connectivity index (χ3n) is 2.42. The maximum Gasteiger partial charge on any atom is 0.338 e. The zero-order valence-corrected chi connectivity index (χ0v) is 10.3. The molecular weight excluding hydrogens is 284 g/mol. The molecule has 1 aromatic carbocycles. The van der Waals surface area contributed by atoms with Gasteiger partial charge in [-0.2, -0.15) is 0 Å². The summed E-state index contributed by atoms with van der Waals surface area (Å²) < 4.78 is 1.14. The van der Waals surface area contributed by atoms with E-state index >= 15 is 0 Å². The lowest BCUT2D eigenvalue weighted by atomic mass is 10.1. The van der Waals surface area contributed by atoms with Crippen molar-refractivity contribution in [2.24, 2.45) is 0 Å². The molecule has 0 unspecified atom stereocenters. The zero-order chi connectivity index (χ0) is 15.4. The molecule has 0 aliphatic heterocycles. The van der Waals surface area contributed by atoms with Crippen molar-refractivity contribution in [1.82, 2.24) is 20.2 Å². The summed E-state index contributed by atoms with van der Waals surface area (Å²) in [6.07, 6.45) is 1.22. The Morgan fingerprint density at radius 3 is 2.76 bits per heavy atom. The number of hydrogen-bond donors (Lipinski definition) is 2. The third kappa shape index (κ3) is 3.34. The van der Waals surface area contributed by atoms with Crippen LogP contribution >= 0.6 is 0 Å². The largest absolute Gasteiger partial charge is 0.478 e. The zero-order valence-electron chi connectivity index (χ0n) is 10.3. The highest BCUT2D eigenvalue weighted by Crippen LogP contribution is 2.22. The van der Waals surface area contributed by atoms with E-state index in [4.69, 9.17) is 5.11 Å². The van der Waals surface area contributed by atoms with Crippen LogP contribution in [0.25, 0.3) is 0 Å². The van der Waals surface area contributed by atoms with Crippen molar-refractivity contribution in [2.75, 3.05) is 5.32 Å². The average molecular weight is 292 g/mol. The number of tetrazole rings is 1. The molecule has 0 saturated carbocycles. The monoisotopic (exact) mass is 292 g/mol. The lowest BCUT2D eigenvalue weighted by Crippen LogP contribution is -2.20. The predicted octanol–water partition coefficient (Wildman–Crippen LogP) is -0.0818. The molecule has 0 aliphatic carbocycles. The van der Waals surface area contributed by atoms with Gasteiger partial charge in [-0.1, -0.05) is 0 Å². The van der Waals surface area contributed by atoms with Crippen LogP contribution in [0.3, 0.4) is 0 Å². The Kier molecular flexibility index (Phi) is 3.83. The minimum Gasteiger partial charge on any atom is -0.478 e. The van der Waals surface area contributed by atoms with Gasteiger partial charge in [0.05, 0.1) is 16.2 Å². The fourth-order valence-electron chi connectivity index (χ4n) is 1.52. The van der Waals surface area contributed by atoms with Crippen molar-refractivity contribution in [3.05, 3.63) is 40.2 Å². The molecule has 11 heteroatoms. The van der Waals surface area contributed by atoms with Crippen LogP contribution in [0, 0.1) is 10.1 Å². The number of anilines is 1. The van der Waals surface area contributed by atoms with Crippen LogP contribution < -0.4 is 5.32 Å². The first kappa shape index (κ1) is 14.0. The van der Waals surface area contributed by atoms with Gasteiger partial charge in [0, 0.05) is 12.1 Å². The number of carbonyl (C=O) groups is 2. The van der Waals surface area contributed by atoms with Crippen LogP contribution in [0.4, 0.5) is 11.4 Å². The maximum atomic E-state index is 11.7. The summed E-state index contributed by atoms with van der Waals surface area (Å²) in [5.74, 6) is -1.96. The second kappa shape index (κ2) is 5.73. The van der Waals surface area contributed by atoms with E-state index in [9.17, 15) is 19.7 Å². The Bertz CT molecular complexity index is 698. The summed E-state index contributed by atoms with van der Waals surface area (Å²) in [5.41, 5.74) is -0.814. The van der Waals surface area contributed by atoms with E-state index in [0.717, 1.165) is 22.9 Å². The van der Waals surface area contributed by atoms with Crippen molar-refractivity contribution in [1.29, 1.82) is 0 Å². The number of non-ortho nitro benzene ring substituents is 1. The molecule has 0 fully saturated rings. The fourth-order valence-corrected chi connectivity index (χ4v) is 1.52. The fraction of sp³-hybridized carbons (Fsp3) is 0.100. The minimum atomic E-state index is -1.39. The van der Waals surface area contributed by atoms with Gasteiger partial charge in [-0.25, -0.2) is 9.48 Å². The third-order valence-corrected chi connectivity index (χ3v) is 2.42. The number of aromatic nitrogens is 4. The van der Waals surface area contributed by atoms with Crippen molar-refractivity contribution >= 4 is 23.3 Å². The number of hydrogen-bond acceptors (Lipinski definition) is 7. The SMILES string of the molecule is O=C(Cn1cnnn1)Nc1ccc([N+](=O)[O-])cc1C(=O)O. The van der Waals surface area contributed by atoms with Gasteiger partial charge in [0.2, 0.25) is 5.91 Å². The molecule has 2 rings (SSSR count). The molecule has 11 nitrogen and oxygen atoms in total. The summed E-state index contributed by atoms with van der Waals surface area (Å²) in [6, 6.07) is 3.12. The normalized spacial score (nSPS) is 10.1. The van der Waals surface area contributed by atoms with E-state index in [1.165, 1.54) is 6.33 Å². The second-order valence-corrected chi connectivity index (χ2v) is 3.85. The van der Waals surface area contributed by atoms with Gasteiger partial charge in [-0.05, 0) is 16.5 Å². The highest BCUT2D eigenvalue weighted by molar-refractivity contribution is 6.00. The van der Waals surface area contributed by atoms with E-state index in [1.807, 2.05) is 0 Å². The van der Waals surface area contributed by atoms with E-state index in [2.05, 4.69) is 20.8 Å². The first-order valence-electron chi connectivity index (χ1n) is 5.49. The Morgan fingerprint density at radius 2 is 2.19 bits per heavy atom. The quantitative estimate of drug-likeness (QED) is 0.572. The molecule has 21 heavy (non-hydrogen) atoms. The van der Waals surface area contributed by atoms with Crippen LogP contribution in [-0.2, 0) is 11.3 Å². The molecule has 1 amide bonds. The Balaban J connectivity index is 2.21. The lowest BCUT2D eigenvalue weighted by molar-refractivity contribution is -0.384. The standard InChI is InChI=1S/C10H8N6O5/c17-9(4-15-5-11-13-14-15)12-8-2-1-6(16(20)21)3-7(8)10(18)19/h1-3,5H,4H2,(H,12,17)(H,18,19). The number of benzene rings is 1. The van der Waals surface area contributed by atoms with Gasteiger partial charge < -0.3 is 10.4 Å². The number of nitrogens with zero attached hydrogens (tertiary/aromatic N) is 5. The Hall–Kier alpha value is -3.37. The number of nitro benzene ring substituents is 1.